The normalized spacial score (nSPS) is 11.4. The number of guanidine groups is 1. The second kappa shape index (κ2) is 13.0. The Balaban J connectivity index is 0. The molecule has 0 unspecified atom stereocenters. The van der Waals surface area contributed by atoms with Crippen molar-refractivity contribution >= 4 is 29.9 Å². The first-order valence-corrected chi connectivity index (χ1v) is 5.42. The molecule has 16 heavy (non-hydrogen) atoms. The van der Waals surface area contributed by atoms with E-state index in [4.69, 9.17) is 10.5 Å². The van der Waals surface area contributed by atoms with Crippen molar-refractivity contribution in [1.82, 2.24) is 10.2 Å². The number of methoxy groups -OCH3 is 1. The average molecular weight is 344 g/mol. The van der Waals surface area contributed by atoms with Gasteiger partial charge in [-0.2, -0.15) is 0 Å². The highest BCUT2D eigenvalue weighted by molar-refractivity contribution is 14.0. The van der Waals surface area contributed by atoms with Crippen LogP contribution in [0.3, 0.4) is 0 Å². The summed E-state index contributed by atoms with van der Waals surface area (Å²) in [6.45, 7) is 6.33. The fourth-order valence-electron chi connectivity index (χ4n) is 1.17. The Morgan fingerprint density at radius 2 is 2.12 bits per heavy atom. The number of aliphatic imine (C=N–C) groups is 1. The monoisotopic (exact) mass is 344 g/mol. The first-order chi connectivity index (χ1) is 7.20. The number of ether oxygens (including phenoxy) is 1. The van der Waals surface area contributed by atoms with Crippen molar-refractivity contribution in [3.05, 3.63) is 0 Å². The third-order valence-corrected chi connectivity index (χ3v) is 2.01. The minimum atomic E-state index is 0. The molecule has 0 amide bonds. The number of hydrogen-bond acceptors (Lipinski definition) is 3. The van der Waals surface area contributed by atoms with Crippen LogP contribution in [0.25, 0.3) is 0 Å². The summed E-state index contributed by atoms with van der Waals surface area (Å²) in [6.07, 6.45) is 1.05. The maximum atomic E-state index is 5.59. The van der Waals surface area contributed by atoms with E-state index in [-0.39, 0.29) is 24.0 Å². The minimum absolute atomic E-state index is 0. The fraction of sp³-hybridized carbons (Fsp3) is 0.900. The zero-order chi connectivity index (χ0) is 11.5. The average Bonchev–Trinajstić information content (AvgIpc) is 2.18. The Labute approximate surface area is 116 Å². The van der Waals surface area contributed by atoms with Crippen LogP contribution in [-0.4, -0.2) is 57.8 Å². The van der Waals surface area contributed by atoms with Crippen LogP contribution < -0.4 is 11.1 Å². The van der Waals surface area contributed by atoms with Crippen LogP contribution in [0.5, 0.6) is 0 Å². The van der Waals surface area contributed by atoms with Crippen molar-refractivity contribution in [2.24, 2.45) is 10.7 Å². The zero-order valence-corrected chi connectivity index (χ0v) is 12.9. The summed E-state index contributed by atoms with van der Waals surface area (Å²) < 4.78 is 4.98. The molecule has 0 aliphatic heterocycles. The van der Waals surface area contributed by atoms with E-state index in [0.29, 0.717) is 5.96 Å². The smallest absolute Gasteiger partial charge is 0.188 e. The number of hydrogen-bond donors (Lipinski definition) is 2. The van der Waals surface area contributed by atoms with Crippen molar-refractivity contribution in [3.63, 3.8) is 0 Å². The highest BCUT2D eigenvalue weighted by Gasteiger charge is 1.96. The summed E-state index contributed by atoms with van der Waals surface area (Å²) in [4.78, 5) is 6.42. The maximum absolute atomic E-state index is 5.59. The van der Waals surface area contributed by atoms with E-state index in [1.165, 1.54) is 0 Å². The molecule has 0 aliphatic carbocycles. The van der Waals surface area contributed by atoms with E-state index in [1.54, 1.807) is 7.11 Å². The van der Waals surface area contributed by atoms with Gasteiger partial charge in [-0.3, -0.25) is 4.99 Å². The predicted octanol–water partition coefficient (Wildman–Crippen LogP) is 0.497. The topological polar surface area (TPSA) is 62.9 Å². The van der Waals surface area contributed by atoms with Gasteiger partial charge in [0.25, 0.3) is 0 Å². The van der Waals surface area contributed by atoms with Gasteiger partial charge in [0.2, 0.25) is 0 Å². The summed E-state index contributed by atoms with van der Waals surface area (Å²) in [6, 6.07) is 0. The Morgan fingerprint density at radius 3 is 2.69 bits per heavy atom. The van der Waals surface area contributed by atoms with Crippen molar-refractivity contribution in [1.29, 1.82) is 0 Å². The molecule has 98 valence electrons. The molecule has 0 aliphatic rings. The number of nitrogens with zero attached hydrogens (tertiary/aromatic N) is 2. The Kier molecular flexibility index (Phi) is 14.8. The van der Waals surface area contributed by atoms with Crippen LogP contribution in [0, 0.1) is 0 Å². The molecule has 0 spiro atoms. The van der Waals surface area contributed by atoms with Gasteiger partial charge in [0.1, 0.15) is 0 Å². The lowest BCUT2D eigenvalue weighted by atomic mass is 10.4. The van der Waals surface area contributed by atoms with E-state index < -0.39 is 0 Å². The lowest BCUT2D eigenvalue weighted by Crippen LogP contribution is -2.32. The molecule has 6 heteroatoms. The summed E-state index contributed by atoms with van der Waals surface area (Å²) in [5.41, 5.74) is 5.59. The number of likely N-dealkylation sites (N-methyl/N-ethyl adjacent to an activating group) is 1. The summed E-state index contributed by atoms with van der Waals surface area (Å²) in [5.74, 6) is 0.530. The molecule has 0 aromatic rings. The standard InChI is InChI=1S/C10H24N4O.HI/c1-4-12-10(11)13-6-8-14(2)7-5-9-15-3;/h4-9H2,1-3H3,(H3,11,12,13);1H. The SMILES string of the molecule is CCNC(N)=NCCN(C)CCCOC.I. The highest BCUT2D eigenvalue weighted by Crippen LogP contribution is 1.87. The van der Waals surface area contributed by atoms with Crippen LogP contribution in [-0.2, 0) is 4.74 Å². The number of nitrogens with one attached hydrogen (secondary N) is 1. The summed E-state index contributed by atoms with van der Waals surface area (Å²) in [7, 11) is 3.80. The van der Waals surface area contributed by atoms with Crippen molar-refractivity contribution in [2.45, 2.75) is 13.3 Å². The first-order valence-electron chi connectivity index (χ1n) is 5.42. The largest absolute Gasteiger partial charge is 0.385 e. The predicted molar refractivity (Wildman–Crippen MR) is 79.6 cm³/mol. The van der Waals surface area contributed by atoms with E-state index in [2.05, 4.69) is 22.3 Å². The molecule has 0 saturated carbocycles. The third kappa shape index (κ3) is 12.0. The van der Waals surface area contributed by atoms with E-state index in [1.807, 2.05) is 6.92 Å². The molecule has 0 bridgehead atoms. The molecule has 0 radical (unpaired) electrons. The molecule has 3 N–H and O–H groups in total. The van der Waals surface area contributed by atoms with Gasteiger partial charge in [-0.15, -0.1) is 24.0 Å². The summed E-state index contributed by atoms with van der Waals surface area (Å²) in [5, 5.41) is 2.96. The van der Waals surface area contributed by atoms with Crippen molar-refractivity contribution in [3.8, 4) is 0 Å². The molecule has 0 aromatic carbocycles. The lowest BCUT2D eigenvalue weighted by molar-refractivity contribution is 0.180. The number of rotatable bonds is 8. The zero-order valence-electron chi connectivity index (χ0n) is 10.5. The second-order valence-electron chi connectivity index (χ2n) is 3.45. The third-order valence-electron chi connectivity index (χ3n) is 2.01. The van der Waals surface area contributed by atoms with E-state index in [0.717, 1.165) is 39.2 Å². The van der Waals surface area contributed by atoms with Gasteiger partial charge in [0.05, 0.1) is 6.54 Å². The minimum Gasteiger partial charge on any atom is -0.385 e. The van der Waals surface area contributed by atoms with Gasteiger partial charge < -0.3 is 20.7 Å². The van der Waals surface area contributed by atoms with Crippen LogP contribution in [0.15, 0.2) is 4.99 Å². The van der Waals surface area contributed by atoms with Crippen molar-refractivity contribution in [2.75, 3.05) is 46.9 Å². The van der Waals surface area contributed by atoms with Gasteiger partial charge in [0.15, 0.2) is 5.96 Å². The van der Waals surface area contributed by atoms with Crippen LogP contribution in [0.2, 0.25) is 0 Å². The Hall–Kier alpha value is -0.0800. The quantitative estimate of drug-likeness (QED) is 0.291. The number of nitrogens with two attached hydrogens (primary N) is 1. The molecule has 0 saturated heterocycles. The molecule has 0 aromatic heterocycles. The molecule has 0 fully saturated rings. The van der Waals surface area contributed by atoms with Crippen molar-refractivity contribution < 1.29 is 4.74 Å². The second-order valence-corrected chi connectivity index (χ2v) is 3.45. The van der Waals surface area contributed by atoms with Gasteiger partial charge in [-0.1, -0.05) is 0 Å². The first kappa shape index (κ1) is 18.3. The van der Waals surface area contributed by atoms with Gasteiger partial charge >= 0.3 is 0 Å². The van der Waals surface area contributed by atoms with Gasteiger partial charge in [0, 0.05) is 33.4 Å². The summed E-state index contributed by atoms with van der Waals surface area (Å²) >= 11 is 0. The Morgan fingerprint density at radius 1 is 1.44 bits per heavy atom. The molecule has 0 atom stereocenters. The molecule has 0 rings (SSSR count). The molecular formula is C10H25IN4O. The van der Waals surface area contributed by atoms with Gasteiger partial charge in [-0.05, 0) is 20.4 Å². The van der Waals surface area contributed by atoms with E-state index in [9.17, 15) is 0 Å². The highest BCUT2D eigenvalue weighted by atomic mass is 127. The van der Waals surface area contributed by atoms with E-state index >= 15 is 0 Å². The molecule has 5 nitrogen and oxygen atoms in total. The molecular weight excluding hydrogens is 319 g/mol. The maximum Gasteiger partial charge on any atom is 0.188 e. The van der Waals surface area contributed by atoms with Crippen LogP contribution in [0.4, 0.5) is 0 Å². The fourth-order valence-corrected chi connectivity index (χ4v) is 1.17. The van der Waals surface area contributed by atoms with Crippen LogP contribution in [0.1, 0.15) is 13.3 Å². The van der Waals surface area contributed by atoms with Crippen LogP contribution >= 0.6 is 24.0 Å². The van der Waals surface area contributed by atoms with Gasteiger partial charge in [-0.25, -0.2) is 0 Å². The number of halogens is 1. The molecule has 0 heterocycles. The lowest BCUT2D eigenvalue weighted by Gasteiger charge is -2.14. The Bertz CT molecular complexity index is 178.